The number of ether oxygens (including phenoxy) is 2. The maximum atomic E-state index is 12.9. The number of carbonyl (C=O) groups is 1. The summed E-state index contributed by atoms with van der Waals surface area (Å²) in [6, 6.07) is 6.03. The minimum atomic E-state index is -3.69. The minimum absolute atomic E-state index is 0.0839. The fraction of sp³-hybridized carbons (Fsp3) is 0.389. The van der Waals surface area contributed by atoms with E-state index in [9.17, 15) is 13.2 Å². The summed E-state index contributed by atoms with van der Waals surface area (Å²) in [7, 11) is -2.23. The van der Waals surface area contributed by atoms with Gasteiger partial charge in [-0.15, -0.1) is 0 Å². The largest absolute Gasteiger partial charge is 0.495 e. The number of hydrogen-bond donors (Lipinski definition) is 1. The predicted octanol–water partition coefficient (Wildman–Crippen LogP) is 2.18. The highest BCUT2D eigenvalue weighted by atomic mass is 32.2. The van der Waals surface area contributed by atoms with Crippen molar-refractivity contribution in [1.29, 1.82) is 0 Å². The van der Waals surface area contributed by atoms with E-state index in [0.717, 1.165) is 0 Å². The van der Waals surface area contributed by atoms with Crippen LogP contribution in [0, 0.1) is 13.8 Å². The molecule has 0 spiro atoms. The highest BCUT2D eigenvalue weighted by Crippen LogP contribution is 2.30. The smallest absolute Gasteiger partial charge is 0.259 e. The van der Waals surface area contributed by atoms with E-state index in [4.69, 9.17) is 13.9 Å². The Morgan fingerprint density at radius 2 is 1.89 bits per heavy atom. The van der Waals surface area contributed by atoms with Crippen LogP contribution >= 0.6 is 0 Å². The van der Waals surface area contributed by atoms with Crippen molar-refractivity contribution < 1.29 is 27.1 Å². The Kier molecular flexibility index (Phi) is 5.54. The van der Waals surface area contributed by atoms with E-state index in [2.05, 4.69) is 5.32 Å². The van der Waals surface area contributed by atoms with Crippen molar-refractivity contribution >= 4 is 21.6 Å². The number of hydrogen-bond acceptors (Lipinski definition) is 6. The van der Waals surface area contributed by atoms with Crippen molar-refractivity contribution in [3.8, 4) is 5.75 Å². The molecule has 1 aliphatic heterocycles. The fourth-order valence-electron chi connectivity index (χ4n) is 2.93. The molecule has 8 nitrogen and oxygen atoms in total. The second-order valence-corrected chi connectivity index (χ2v) is 8.10. The number of amides is 1. The van der Waals surface area contributed by atoms with Gasteiger partial charge < -0.3 is 19.2 Å². The second-order valence-electron chi connectivity index (χ2n) is 6.16. The van der Waals surface area contributed by atoms with E-state index in [0.29, 0.717) is 49.1 Å². The van der Waals surface area contributed by atoms with Gasteiger partial charge in [-0.2, -0.15) is 4.31 Å². The summed E-state index contributed by atoms with van der Waals surface area (Å²) in [6.45, 7) is 4.75. The molecule has 1 aromatic heterocycles. The van der Waals surface area contributed by atoms with Gasteiger partial charge in [0.25, 0.3) is 5.91 Å². The first kappa shape index (κ1) is 19.4. The topological polar surface area (TPSA) is 98.1 Å². The van der Waals surface area contributed by atoms with Crippen molar-refractivity contribution in [2.24, 2.45) is 0 Å². The van der Waals surface area contributed by atoms with Gasteiger partial charge in [0.2, 0.25) is 10.0 Å². The maximum Gasteiger partial charge on any atom is 0.259 e. The molecule has 0 bridgehead atoms. The highest BCUT2D eigenvalue weighted by molar-refractivity contribution is 7.89. The standard InChI is InChI=1S/C18H22N2O6S/c1-12-10-15(13(2)26-12)18(21)19-16-11-14(4-5-17(16)24-3)27(22,23)20-6-8-25-9-7-20/h4-5,10-11H,6-9H2,1-3H3,(H,19,21). The van der Waals surface area contributed by atoms with Crippen LogP contribution in [0.25, 0.3) is 0 Å². The molecule has 3 rings (SSSR count). The van der Waals surface area contributed by atoms with Gasteiger partial charge in [-0.05, 0) is 38.1 Å². The van der Waals surface area contributed by atoms with Crippen molar-refractivity contribution in [2.75, 3.05) is 38.7 Å². The van der Waals surface area contributed by atoms with Gasteiger partial charge in [-0.25, -0.2) is 8.42 Å². The zero-order valence-corrected chi connectivity index (χ0v) is 16.3. The molecule has 2 aromatic rings. The monoisotopic (exact) mass is 394 g/mol. The number of nitrogens with one attached hydrogen (secondary N) is 1. The van der Waals surface area contributed by atoms with E-state index in [1.807, 2.05) is 0 Å². The first-order valence-corrected chi connectivity index (χ1v) is 9.91. The van der Waals surface area contributed by atoms with Crippen LogP contribution in [0.3, 0.4) is 0 Å². The van der Waals surface area contributed by atoms with Crippen molar-refractivity contribution in [3.63, 3.8) is 0 Å². The van der Waals surface area contributed by atoms with Gasteiger partial charge in [-0.3, -0.25) is 4.79 Å². The van der Waals surface area contributed by atoms with Crippen LogP contribution in [0.1, 0.15) is 21.9 Å². The summed E-state index contributed by atoms with van der Waals surface area (Å²) < 4.78 is 42.9. The lowest BCUT2D eigenvalue weighted by molar-refractivity contribution is 0.0730. The molecular weight excluding hydrogens is 372 g/mol. The molecule has 0 atom stereocenters. The normalized spacial score (nSPS) is 15.5. The lowest BCUT2D eigenvalue weighted by atomic mass is 10.2. The van der Waals surface area contributed by atoms with E-state index in [-0.39, 0.29) is 10.6 Å². The SMILES string of the molecule is COc1ccc(S(=O)(=O)N2CCOCC2)cc1NC(=O)c1cc(C)oc1C. The number of anilines is 1. The number of methoxy groups -OCH3 is 1. The van der Waals surface area contributed by atoms with Crippen LogP contribution in [-0.2, 0) is 14.8 Å². The third-order valence-corrected chi connectivity index (χ3v) is 6.21. The van der Waals surface area contributed by atoms with Crippen LogP contribution in [0.5, 0.6) is 5.75 Å². The van der Waals surface area contributed by atoms with Crippen molar-refractivity contribution in [3.05, 3.63) is 41.3 Å². The van der Waals surface area contributed by atoms with Crippen molar-refractivity contribution in [2.45, 2.75) is 18.7 Å². The minimum Gasteiger partial charge on any atom is -0.495 e. The summed E-state index contributed by atoms with van der Waals surface area (Å²) in [5.74, 6) is 1.07. The fourth-order valence-corrected chi connectivity index (χ4v) is 4.36. The number of morpholine rings is 1. The molecule has 1 aromatic carbocycles. The molecule has 9 heteroatoms. The Morgan fingerprint density at radius 1 is 1.19 bits per heavy atom. The van der Waals surface area contributed by atoms with Gasteiger partial charge in [0.1, 0.15) is 17.3 Å². The number of carbonyl (C=O) groups excluding carboxylic acids is 1. The second kappa shape index (κ2) is 7.71. The van der Waals surface area contributed by atoms with Crippen LogP contribution in [0.4, 0.5) is 5.69 Å². The van der Waals surface area contributed by atoms with Gasteiger partial charge >= 0.3 is 0 Å². The summed E-state index contributed by atoms with van der Waals surface area (Å²) in [6.07, 6.45) is 0. The van der Waals surface area contributed by atoms with Crippen LogP contribution in [0.15, 0.2) is 33.6 Å². The first-order chi connectivity index (χ1) is 12.8. The number of furan rings is 1. The van der Waals surface area contributed by atoms with Crippen molar-refractivity contribution in [1.82, 2.24) is 4.31 Å². The number of benzene rings is 1. The molecule has 0 saturated carbocycles. The molecule has 1 saturated heterocycles. The molecule has 1 fully saturated rings. The van der Waals surface area contributed by atoms with Gasteiger partial charge in [0.05, 0.1) is 36.5 Å². The number of sulfonamides is 1. The molecule has 0 radical (unpaired) electrons. The number of aryl methyl sites for hydroxylation is 2. The van der Waals surface area contributed by atoms with Gasteiger partial charge in [0.15, 0.2) is 0 Å². The van der Waals surface area contributed by atoms with Crippen LogP contribution < -0.4 is 10.1 Å². The number of rotatable bonds is 5. The molecule has 1 aliphatic rings. The molecule has 1 amide bonds. The third kappa shape index (κ3) is 4.00. The van der Waals surface area contributed by atoms with Crippen LogP contribution in [-0.4, -0.2) is 52.0 Å². The first-order valence-electron chi connectivity index (χ1n) is 8.47. The predicted molar refractivity (Wildman–Crippen MR) is 98.7 cm³/mol. The molecule has 0 aliphatic carbocycles. The lowest BCUT2D eigenvalue weighted by Crippen LogP contribution is -2.40. The van der Waals surface area contributed by atoms with E-state index in [1.54, 1.807) is 19.9 Å². The molecule has 1 N–H and O–H groups in total. The average Bonchev–Trinajstić information content (AvgIpc) is 3.00. The molecule has 27 heavy (non-hydrogen) atoms. The Labute approximate surface area is 158 Å². The molecule has 146 valence electrons. The molecular formula is C18H22N2O6S. The van der Waals surface area contributed by atoms with E-state index >= 15 is 0 Å². The lowest BCUT2D eigenvalue weighted by Gasteiger charge is -2.26. The molecule has 0 unspecified atom stereocenters. The quantitative estimate of drug-likeness (QED) is 0.835. The zero-order chi connectivity index (χ0) is 19.6. The zero-order valence-electron chi connectivity index (χ0n) is 15.4. The van der Waals surface area contributed by atoms with E-state index in [1.165, 1.54) is 29.6 Å². The highest BCUT2D eigenvalue weighted by Gasteiger charge is 2.27. The summed E-state index contributed by atoms with van der Waals surface area (Å²) >= 11 is 0. The Morgan fingerprint density at radius 3 is 2.48 bits per heavy atom. The Balaban J connectivity index is 1.92. The summed E-state index contributed by atoms with van der Waals surface area (Å²) in [4.78, 5) is 12.7. The number of nitrogens with zero attached hydrogens (tertiary/aromatic N) is 1. The Bertz CT molecular complexity index is 945. The maximum absolute atomic E-state index is 12.9. The van der Waals surface area contributed by atoms with Gasteiger partial charge in [-0.1, -0.05) is 0 Å². The third-order valence-electron chi connectivity index (χ3n) is 4.31. The average molecular weight is 394 g/mol. The summed E-state index contributed by atoms with van der Waals surface area (Å²) in [5, 5.41) is 2.72. The summed E-state index contributed by atoms with van der Waals surface area (Å²) in [5.41, 5.74) is 0.658. The Hall–Kier alpha value is -2.36. The van der Waals surface area contributed by atoms with Crippen LogP contribution in [0.2, 0.25) is 0 Å². The van der Waals surface area contributed by atoms with E-state index < -0.39 is 15.9 Å². The van der Waals surface area contributed by atoms with Gasteiger partial charge in [0, 0.05) is 13.1 Å². The molecule has 2 heterocycles.